The van der Waals surface area contributed by atoms with Crippen molar-refractivity contribution in [2.45, 2.75) is 0 Å². The average molecular weight is 513 g/mol. The van der Waals surface area contributed by atoms with Crippen molar-refractivity contribution in [3.8, 4) is 11.4 Å². The van der Waals surface area contributed by atoms with Crippen molar-refractivity contribution in [3.63, 3.8) is 0 Å². The molecule has 8 aromatic rings. The van der Waals surface area contributed by atoms with Gasteiger partial charge in [-0.3, -0.25) is 0 Å². The van der Waals surface area contributed by atoms with Crippen molar-refractivity contribution in [3.05, 3.63) is 132 Å². The van der Waals surface area contributed by atoms with Gasteiger partial charge in [-0.2, -0.15) is 0 Å². The fraction of sp³-hybridized carbons (Fsp3) is 0. The van der Waals surface area contributed by atoms with Crippen LogP contribution in [0.15, 0.2) is 121 Å². The minimum Gasteiger partial charge on any atom is -0.309 e. The first-order chi connectivity index (χ1) is 19.8. The number of rotatable bonds is 4. The minimum atomic E-state index is 0.790. The molecule has 4 heteroatoms. The lowest BCUT2D eigenvalue weighted by Gasteiger charge is -2.17. The molecule has 0 aliphatic carbocycles. The van der Waals surface area contributed by atoms with Gasteiger partial charge in [-0.1, -0.05) is 84.9 Å². The Morgan fingerprint density at radius 2 is 0.875 bits per heavy atom. The highest BCUT2D eigenvalue weighted by atomic mass is 15.0. The number of hydrogen-bond donors (Lipinski definition) is 2. The monoisotopic (exact) mass is 512 g/mol. The van der Waals surface area contributed by atoms with E-state index in [-0.39, 0.29) is 0 Å². The van der Waals surface area contributed by atoms with Crippen LogP contribution in [-0.4, -0.2) is 21.6 Å². The molecule has 2 N–H and O–H groups in total. The molecule has 188 valence electrons. The van der Waals surface area contributed by atoms with Gasteiger partial charge < -0.3 is 20.0 Å². The van der Waals surface area contributed by atoms with E-state index in [1.165, 1.54) is 44.7 Å². The first kappa shape index (κ1) is 22.5. The second-order valence-corrected chi connectivity index (χ2v) is 10.2. The van der Waals surface area contributed by atoms with E-state index in [2.05, 4.69) is 130 Å². The summed E-state index contributed by atoms with van der Waals surface area (Å²) in [7, 11) is 0. The molecule has 40 heavy (non-hydrogen) atoms. The molecule has 0 fully saturated rings. The van der Waals surface area contributed by atoms with Gasteiger partial charge in [-0.15, -0.1) is 0 Å². The SMILES string of the molecule is N=Cc1cc(-n2c3ccccc3c3c4ccccc4ccc32)c(C=N)cc1-n1c2ccccc2c2ccccc21. The Morgan fingerprint density at radius 3 is 1.45 bits per heavy atom. The fourth-order valence-corrected chi connectivity index (χ4v) is 6.41. The predicted molar refractivity (Wildman–Crippen MR) is 168 cm³/mol. The van der Waals surface area contributed by atoms with Crippen LogP contribution in [0.5, 0.6) is 0 Å². The average Bonchev–Trinajstić information content (AvgIpc) is 3.53. The molecular formula is C36H24N4. The largest absolute Gasteiger partial charge is 0.309 e. The summed E-state index contributed by atoms with van der Waals surface area (Å²) in [4.78, 5) is 0. The number of aromatic nitrogens is 2. The Kier molecular flexibility index (Phi) is 4.79. The third-order valence-electron chi connectivity index (χ3n) is 8.11. The van der Waals surface area contributed by atoms with Crippen molar-refractivity contribution < 1.29 is 0 Å². The maximum absolute atomic E-state index is 8.51. The summed E-state index contributed by atoms with van der Waals surface area (Å²) in [5, 5.41) is 24.1. The zero-order valence-corrected chi connectivity index (χ0v) is 21.6. The molecule has 0 aliphatic rings. The third kappa shape index (κ3) is 3.01. The molecule has 4 nitrogen and oxygen atoms in total. The highest BCUT2D eigenvalue weighted by Crippen LogP contribution is 2.39. The van der Waals surface area contributed by atoms with Crippen LogP contribution in [0.4, 0.5) is 0 Å². The predicted octanol–water partition coefficient (Wildman–Crippen LogP) is 9.03. The number of nitrogens with one attached hydrogen (secondary N) is 2. The van der Waals surface area contributed by atoms with E-state index in [9.17, 15) is 0 Å². The Balaban J connectivity index is 1.49. The molecule has 0 atom stereocenters. The number of benzene rings is 6. The van der Waals surface area contributed by atoms with E-state index in [1.807, 2.05) is 0 Å². The number of para-hydroxylation sites is 3. The van der Waals surface area contributed by atoms with E-state index in [0.717, 1.165) is 44.6 Å². The highest BCUT2D eigenvalue weighted by Gasteiger charge is 2.20. The van der Waals surface area contributed by atoms with Crippen molar-refractivity contribution >= 4 is 66.8 Å². The lowest BCUT2D eigenvalue weighted by atomic mass is 10.0. The standard InChI is InChI=1S/C36H24N4/c37-21-24-20-35(40-32-16-8-5-13-29(32)36-26-10-2-1-9-23(26)17-18-33(36)40)25(22-38)19-34(24)39-30-14-6-3-11-27(30)28-12-4-7-15-31(28)39/h1-22,37-38H. The van der Waals surface area contributed by atoms with E-state index >= 15 is 0 Å². The van der Waals surface area contributed by atoms with Gasteiger partial charge in [0.2, 0.25) is 0 Å². The zero-order valence-electron chi connectivity index (χ0n) is 21.6. The summed E-state index contributed by atoms with van der Waals surface area (Å²) in [6.07, 6.45) is 2.86. The summed E-state index contributed by atoms with van der Waals surface area (Å²) >= 11 is 0. The summed E-state index contributed by atoms with van der Waals surface area (Å²) in [5.74, 6) is 0. The van der Waals surface area contributed by atoms with E-state index < -0.39 is 0 Å². The minimum absolute atomic E-state index is 0.790. The quantitative estimate of drug-likeness (QED) is 0.221. The van der Waals surface area contributed by atoms with Crippen LogP contribution in [0.25, 0.3) is 65.8 Å². The van der Waals surface area contributed by atoms with Gasteiger partial charge in [0.1, 0.15) is 0 Å². The second kappa shape index (κ2) is 8.52. The number of fused-ring (bicyclic) bond motifs is 8. The maximum atomic E-state index is 8.51. The Labute approximate surface area is 230 Å². The molecule has 0 radical (unpaired) electrons. The van der Waals surface area contributed by atoms with Crippen LogP contribution in [-0.2, 0) is 0 Å². The molecule has 8 rings (SSSR count). The van der Waals surface area contributed by atoms with Gasteiger partial charge in [0, 0.05) is 45.1 Å². The summed E-state index contributed by atoms with van der Waals surface area (Å²) in [5.41, 5.74) is 7.69. The van der Waals surface area contributed by atoms with Crippen LogP contribution < -0.4 is 0 Å². The molecule has 0 unspecified atom stereocenters. The maximum Gasteiger partial charge on any atom is 0.0557 e. The highest BCUT2D eigenvalue weighted by molar-refractivity contribution is 6.21. The molecule has 0 spiro atoms. The molecule has 0 amide bonds. The molecule has 0 saturated heterocycles. The summed E-state index contributed by atoms with van der Waals surface area (Å²) < 4.78 is 4.47. The first-order valence-corrected chi connectivity index (χ1v) is 13.4. The van der Waals surface area contributed by atoms with Crippen molar-refractivity contribution in [1.82, 2.24) is 9.13 Å². The van der Waals surface area contributed by atoms with Crippen LogP contribution >= 0.6 is 0 Å². The second-order valence-electron chi connectivity index (χ2n) is 10.2. The number of nitrogens with zero attached hydrogens (tertiary/aromatic N) is 2. The number of hydrogen-bond acceptors (Lipinski definition) is 2. The fourth-order valence-electron chi connectivity index (χ4n) is 6.41. The van der Waals surface area contributed by atoms with Crippen molar-refractivity contribution in [2.75, 3.05) is 0 Å². The van der Waals surface area contributed by atoms with E-state index in [0.29, 0.717) is 0 Å². The summed E-state index contributed by atoms with van der Waals surface area (Å²) in [6.45, 7) is 0. The topological polar surface area (TPSA) is 57.6 Å². The van der Waals surface area contributed by atoms with Crippen molar-refractivity contribution in [1.29, 1.82) is 10.8 Å². The van der Waals surface area contributed by atoms with E-state index in [1.54, 1.807) is 0 Å². The lowest BCUT2D eigenvalue weighted by Crippen LogP contribution is -2.06. The van der Waals surface area contributed by atoms with Crippen LogP contribution in [0, 0.1) is 10.8 Å². The molecule has 0 aliphatic heterocycles. The van der Waals surface area contributed by atoms with Gasteiger partial charge in [0.05, 0.1) is 33.4 Å². The van der Waals surface area contributed by atoms with Crippen LogP contribution in [0.1, 0.15) is 11.1 Å². The molecule has 0 saturated carbocycles. The molecule has 2 aromatic heterocycles. The Hall–Kier alpha value is -5.48. The molecule has 6 aromatic carbocycles. The Bertz CT molecular complexity index is 2260. The van der Waals surface area contributed by atoms with Gasteiger partial charge in [-0.05, 0) is 47.2 Å². The normalized spacial score (nSPS) is 11.7. The molecule has 0 bridgehead atoms. The zero-order chi connectivity index (χ0) is 26.8. The van der Waals surface area contributed by atoms with Gasteiger partial charge in [0.25, 0.3) is 0 Å². The summed E-state index contributed by atoms with van der Waals surface area (Å²) in [6, 6.07) is 42.2. The van der Waals surface area contributed by atoms with E-state index in [4.69, 9.17) is 10.8 Å². The van der Waals surface area contributed by atoms with Gasteiger partial charge >= 0.3 is 0 Å². The van der Waals surface area contributed by atoms with Crippen LogP contribution in [0.3, 0.4) is 0 Å². The first-order valence-electron chi connectivity index (χ1n) is 13.4. The molecular weight excluding hydrogens is 488 g/mol. The third-order valence-corrected chi connectivity index (χ3v) is 8.11. The van der Waals surface area contributed by atoms with Gasteiger partial charge in [0.15, 0.2) is 0 Å². The lowest BCUT2D eigenvalue weighted by molar-refractivity contribution is 1.13. The van der Waals surface area contributed by atoms with Crippen LogP contribution in [0.2, 0.25) is 0 Å². The Morgan fingerprint density at radius 1 is 0.425 bits per heavy atom. The smallest absolute Gasteiger partial charge is 0.0557 e. The van der Waals surface area contributed by atoms with Gasteiger partial charge in [-0.25, -0.2) is 0 Å². The molecule has 2 heterocycles. The van der Waals surface area contributed by atoms with Crippen molar-refractivity contribution in [2.24, 2.45) is 0 Å².